The van der Waals surface area contributed by atoms with Crippen LogP contribution in [-0.2, 0) is 0 Å². The Morgan fingerprint density at radius 3 is 2.68 bits per heavy atom. The molecule has 2 nitrogen and oxygen atoms in total. The van der Waals surface area contributed by atoms with Gasteiger partial charge in [-0.3, -0.25) is 0 Å². The predicted octanol–water partition coefficient (Wildman–Crippen LogP) is 4.08. The fourth-order valence-electron chi connectivity index (χ4n) is 2.91. The van der Waals surface area contributed by atoms with E-state index in [4.69, 9.17) is 4.74 Å². The predicted molar refractivity (Wildman–Crippen MR) is 82.3 cm³/mol. The van der Waals surface area contributed by atoms with E-state index in [1.54, 1.807) is 7.11 Å². The van der Waals surface area contributed by atoms with Crippen LogP contribution in [0.4, 0.5) is 0 Å². The number of nitrogens with one attached hydrogen (secondary N) is 1. The van der Waals surface area contributed by atoms with Crippen molar-refractivity contribution in [1.29, 1.82) is 0 Å². The Balaban J connectivity index is 0.00000133. The highest BCUT2D eigenvalue weighted by Gasteiger charge is 2.20. The van der Waals surface area contributed by atoms with Crippen molar-refractivity contribution in [1.82, 2.24) is 5.32 Å². The van der Waals surface area contributed by atoms with Gasteiger partial charge in [-0.2, -0.15) is 0 Å². The van der Waals surface area contributed by atoms with Gasteiger partial charge in [0.15, 0.2) is 0 Å². The quantitative estimate of drug-likeness (QED) is 0.893. The van der Waals surface area contributed by atoms with Crippen LogP contribution >= 0.6 is 12.4 Å². The summed E-state index contributed by atoms with van der Waals surface area (Å²) in [6, 6.07) is 13.2. The van der Waals surface area contributed by atoms with Crippen LogP contribution in [0.25, 0.3) is 10.8 Å². The molecule has 0 aliphatic carbocycles. The molecule has 0 saturated carbocycles. The zero-order valence-electron chi connectivity index (χ0n) is 11.2. The van der Waals surface area contributed by atoms with E-state index in [1.165, 1.54) is 35.6 Å². The molecule has 102 valence electrons. The highest BCUT2D eigenvalue weighted by atomic mass is 35.5. The van der Waals surface area contributed by atoms with Gasteiger partial charge >= 0.3 is 0 Å². The first-order valence-electron chi connectivity index (χ1n) is 6.69. The molecule has 0 spiro atoms. The Kier molecular flexibility index (Phi) is 4.67. The Morgan fingerprint density at radius 1 is 1.11 bits per heavy atom. The molecule has 1 fully saturated rings. The summed E-state index contributed by atoms with van der Waals surface area (Å²) in [7, 11) is 1.76. The number of ether oxygens (including phenoxy) is 1. The molecular formula is C16H20ClNO. The minimum atomic E-state index is 0. The smallest absolute Gasteiger partial charge is 0.124 e. The van der Waals surface area contributed by atoms with Crippen molar-refractivity contribution in [3.8, 4) is 5.75 Å². The average Bonchev–Trinajstić information content (AvgIpc) is 2.47. The van der Waals surface area contributed by atoms with E-state index in [9.17, 15) is 0 Å². The second kappa shape index (κ2) is 6.27. The Morgan fingerprint density at radius 2 is 1.95 bits per heavy atom. The maximum atomic E-state index is 5.57. The first-order valence-corrected chi connectivity index (χ1v) is 6.69. The molecule has 3 rings (SSSR count). The topological polar surface area (TPSA) is 21.3 Å². The van der Waals surface area contributed by atoms with Crippen LogP contribution in [-0.4, -0.2) is 13.7 Å². The third-order valence-corrected chi connectivity index (χ3v) is 3.81. The molecule has 2 aromatic carbocycles. The fraction of sp³-hybridized carbons (Fsp3) is 0.375. The number of hydrogen-bond donors (Lipinski definition) is 1. The molecule has 1 atom stereocenters. The Labute approximate surface area is 120 Å². The van der Waals surface area contributed by atoms with Gasteiger partial charge in [0.1, 0.15) is 5.75 Å². The van der Waals surface area contributed by atoms with Crippen molar-refractivity contribution < 1.29 is 4.74 Å². The second-order valence-electron chi connectivity index (χ2n) is 4.91. The standard InChI is InChI=1S/C16H19NO.ClH/c1-18-15-10-9-12-6-2-3-7-13(12)16(15)14-8-4-5-11-17-14;/h2-3,6-7,9-10,14,17H,4-5,8,11H2,1H3;1H/t14-;/m1./s1. The van der Waals surface area contributed by atoms with E-state index in [0.717, 1.165) is 12.3 Å². The first-order chi connectivity index (χ1) is 8.90. The molecule has 1 aliphatic rings. The molecule has 0 unspecified atom stereocenters. The molecule has 2 aromatic rings. The monoisotopic (exact) mass is 277 g/mol. The van der Waals surface area contributed by atoms with Crippen LogP contribution < -0.4 is 10.1 Å². The fourth-order valence-corrected chi connectivity index (χ4v) is 2.91. The highest BCUT2D eigenvalue weighted by molar-refractivity contribution is 5.88. The maximum Gasteiger partial charge on any atom is 0.124 e. The summed E-state index contributed by atoms with van der Waals surface area (Å²) in [5.74, 6) is 1.01. The summed E-state index contributed by atoms with van der Waals surface area (Å²) in [6.45, 7) is 1.11. The van der Waals surface area contributed by atoms with Gasteiger partial charge in [-0.1, -0.05) is 36.8 Å². The molecule has 0 radical (unpaired) electrons. The van der Waals surface area contributed by atoms with Crippen LogP contribution in [0.15, 0.2) is 36.4 Å². The van der Waals surface area contributed by atoms with Crippen LogP contribution in [0, 0.1) is 0 Å². The summed E-state index contributed by atoms with van der Waals surface area (Å²) in [4.78, 5) is 0. The zero-order chi connectivity index (χ0) is 12.4. The molecule has 1 N–H and O–H groups in total. The van der Waals surface area contributed by atoms with E-state index in [-0.39, 0.29) is 12.4 Å². The van der Waals surface area contributed by atoms with Crippen molar-refractivity contribution >= 4 is 23.2 Å². The number of piperidine rings is 1. The maximum absolute atomic E-state index is 5.57. The number of methoxy groups -OCH3 is 1. The van der Waals surface area contributed by atoms with Crippen molar-refractivity contribution in [3.05, 3.63) is 42.0 Å². The molecule has 1 saturated heterocycles. The van der Waals surface area contributed by atoms with E-state index in [2.05, 4.69) is 41.7 Å². The SMILES string of the molecule is COc1ccc2ccccc2c1[C@H]1CCCCN1.Cl. The zero-order valence-corrected chi connectivity index (χ0v) is 12.0. The summed E-state index contributed by atoms with van der Waals surface area (Å²) >= 11 is 0. The molecule has 1 aliphatic heterocycles. The molecule has 0 aromatic heterocycles. The van der Waals surface area contributed by atoms with Crippen LogP contribution in [0.3, 0.4) is 0 Å². The van der Waals surface area contributed by atoms with E-state index in [1.807, 2.05) is 0 Å². The lowest BCUT2D eigenvalue weighted by molar-refractivity contribution is 0.376. The summed E-state index contributed by atoms with van der Waals surface area (Å²) in [5, 5.41) is 6.23. The third kappa shape index (κ3) is 2.70. The summed E-state index contributed by atoms with van der Waals surface area (Å²) in [6.07, 6.45) is 3.78. The van der Waals surface area contributed by atoms with Gasteiger partial charge in [0.2, 0.25) is 0 Å². The number of halogens is 1. The average molecular weight is 278 g/mol. The van der Waals surface area contributed by atoms with Gasteiger partial charge in [0.05, 0.1) is 7.11 Å². The summed E-state index contributed by atoms with van der Waals surface area (Å²) in [5.41, 5.74) is 1.33. The van der Waals surface area contributed by atoms with Gasteiger partial charge in [0.25, 0.3) is 0 Å². The van der Waals surface area contributed by atoms with Crippen LogP contribution in [0.5, 0.6) is 5.75 Å². The van der Waals surface area contributed by atoms with Crippen molar-refractivity contribution in [2.24, 2.45) is 0 Å². The largest absolute Gasteiger partial charge is 0.496 e. The number of benzene rings is 2. The minimum absolute atomic E-state index is 0. The van der Waals surface area contributed by atoms with Gasteiger partial charge < -0.3 is 10.1 Å². The molecule has 3 heteroatoms. The lowest BCUT2D eigenvalue weighted by Crippen LogP contribution is -2.27. The number of fused-ring (bicyclic) bond motifs is 1. The van der Waals surface area contributed by atoms with Gasteiger partial charge in [-0.05, 0) is 36.2 Å². The first kappa shape index (κ1) is 14.2. The molecule has 0 bridgehead atoms. The van der Waals surface area contributed by atoms with E-state index < -0.39 is 0 Å². The summed E-state index contributed by atoms with van der Waals surface area (Å²) < 4.78 is 5.57. The van der Waals surface area contributed by atoms with Crippen LogP contribution in [0.2, 0.25) is 0 Å². The highest BCUT2D eigenvalue weighted by Crippen LogP contribution is 2.36. The number of hydrogen-bond acceptors (Lipinski definition) is 2. The Bertz CT molecular complexity index is 549. The third-order valence-electron chi connectivity index (χ3n) is 3.81. The minimum Gasteiger partial charge on any atom is -0.496 e. The lowest BCUT2D eigenvalue weighted by atomic mass is 9.92. The van der Waals surface area contributed by atoms with Gasteiger partial charge in [0, 0.05) is 11.6 Å². The van der Waals surface area contributed by atoms with Crippen molar-refractivity contribution in [3.63, 3.8) is 0 Å². The van der Waals surface area contributed by atoms with Crippen molar-refractivity contribution in [2.75, 3.05) is 13.7 Å². The Hall–Kier alpha value is -1.25. The lowest BCUT2D eigenvalue weighted by Gasteiger charge is -2.26. The molecule has 1 heterocycles. The molecular weight excluding hydrogens is 258 g/mol. The number of rotatable bonds is 2. The normalized spacial score (nSPS) is 18.9. The van der Waals surface area contributed by atoms with Crippen LogP contribution in [0.1, 0.15) is 30.9 Å². The van der Waals surface area contributed by atoms with E-state index >= 15 is 0 Å². The van der Waals surface area contributed by atoms with Gasteiger partial charge in [-0.25, -0.2) is 0 Å². The van der Waals surface area contributed by atoms with E-state index in [0.29, 0.717) is 6.04 Å². The van der Waals surface area contributed by atoms with Gasteiger partial charge in [-0.15, -0.1) is 12.4 Å². The van der Waals surface area contributed by atoms with Crippen molar-refractivity contribution in [2.45, 2.75) is 25.3 Å². The second-order valence-corrected chi connectivity index (χ2v) is 4.91. The molecule has 0 amide bonds. The molecule has 19 heavy (non-hydrogen) atoms.